The van der Waals surface area contributed by atoms with E-state index in [-0.39, 0.29) is 5.90 Å². The Hall–Kier alpha value is -2.37. The Morgan fingerprint density at radius 3 is 2.94 bits per heavy atom. The third-order valence-electron chi connectivity index (χ3n) is 2.29. The number of ether oxygens (including phenoxy) is 1. The fraction of sp³-hybridized carbons (Fsp3) is 0.250. The summed E-state index contributed by atoms with van der Waals surface area (Å²) in [5, 5.41) is 7.62. The Balaban J connectivity index is 2.44. The Morgan fingerprint density at radius 1 is 1.44 bits per heavy atom. The number of nitrogens with zero attached hydrogens (tertiary/aromatic N) is 2. The van der Waals surface area contributed by atoms with Crippen molar-refractivity contribution in [1.82, 2.24) is 0 Å². The van der Waals surface area contributed by atoms with Gasteiger partial charge in [-0.2, -0.15) is 0 Å². The molecule has 1 aromatic carbocycles. The molecule has 1 aromatic rings. The highest BCUT2D eigenvalue weighted by molar-refractivity contribution is 6.46. The summed E-state index contributed by atoms with van der Waals surface area (Å²) in [6, 6.07) is 6.97. The number of benzene rings is 1. The van der Waals surface area contributed by atoms with Gasteiger partial charge in [-0.1, -0.05) is 29.4 Å². The van der Waals surface area contributed by atoms with Gasteiger partial charge in [0.25, 0.3) is 5.90 Å². The summed E-state index contributed by atoms with van der Waals surface area (Å²) < 4.78 is 5.34. The molecule has 1 aliphatic rings. The van der Waals surface area contributed by atoms with Crippen molar-refractivity contribution in [1.29, 1.82) is 0 Å². The van der Waals surface area contributed by atoms with Crippen molar-refractivity contribution in [2.45, 2.75) is 0 Å². The minimum atomic E-state index is 0.206. The summed E-state index contributed by atoms with van der Waals surface area (Å²) >= 11 is 0. The topological polar surface area (TPSA) is 69.5 Å². The van der Waals surface area contributed by atoms with E-state index in [1.165, 1.54) is 7.11 Å². The van der Waals surface area contributed by atoms with E-state index in [4.69, 9.17) is 14.4 Å². The number of carbonyl (C=O) groups is 1. The molecular weight excluding hydrogens is 236 g/mol. The molecule has 0 aliphatic carbocycles. The predicted octanol–water partition coefficient (Wildman–Crippen LogP) is 1.21. The predicted molar refractivity (Wildman–Crippen MR) is 64.7 cm³/mol. The van der Waals surface area contributed by atoms with Crippen molar-refractivity contribution in [2.24, 2.45) is 10.3 Å². The highest BCUT2D eigenvalue weighted by Crippen LogP contribution is 2.12. The van der Waals surface area contributed by atoms with Crippen LogP contribution in [0.4, 0.5) is 0 Å². The Labute approximate surface area is 104 Å². The highest BCUT2D eigenvalue weighted by atomic mass is 16.7. The number of aldehydes is 1. The van der Waals surface area contributed by atoms with Gasteiger partial charge >= 0.3 is 0 Å². The number of oxime groups is 2. The fourth-order valence-electron chi connectivity index (χ4n) is 1.53. The first-order valence-corrected chi connectivity index (χ1v) is 5.35. The molecule has 0 bridgehead atoms. The Kier molecular flexibility index (Phi) is 3.90. The smallest absolute Gasteiger partial charge is 0.280 e. The van der Waals surface area contributed by atoms with E-state index in [1.807, 2.05) is 0 Å². The molecule has 0 aromatic heterocycles. The molecule has 0 amide bonds. The first-order valence-electron chi connectivity index (χ1n) is 5.35. The maximum Gasteiger partial charge on any atom is 0.280 e. The Bertz CT molecular complexity index is 497. The second-order valence-electron chi connectivity index (χ2n) is 3.41. The molecule has 1 aliphatic heterocycles. The van der Waals surface area contributed by atoms with E-state index in [1.54, 1.807) is 24.3 Å². The van der Waals surface area contributed by atoms with Crippen LogP contribution in [0.5, 0.6) is 0 Å². The molecule has 0 unspecified atom stereocenters. The van der Waals surface area contributed by atoms with Crippen LogP contribution >= 0.6 is 0 Å². The first-order chi connectivity index (χ1) is 8.86. The minimum Gasteiger partial charge on any atom is -0.470 e. The van der Waals surface area contributed by atoms with Crippen LogP contribution in [0.25, 0.3) is 0 Å². The molecular formula is C12H12N2O4. The molecule has 0 saturated carbocycles. The summed E-state index contributed by atoms with van der Waals surface area (Å²) in [5.74, 6) is 0.206. The van der Waals surface area contributed by atoms with Gasteiger partial charge in [0, 0.05) is 11.1 Å². The molecule has 6 nitrogen and oxygen atoms in total. The molecule has 2 rings (SSSR count). The van der Waals surface area contributed by atoms with Gasteiger partial charge in [-0.05, 0) is 5.16 Å². The monoisotopic (exact) mass is 248 g/mol. The largest absolute Gasteiger partial charge is 0.470 e. The van der Waals surface area contributed by atoms with Crippen molar-refractivity contribution >= 4 is 17.9 Å². The summed E-state index contributed by atoms with van der Waals surface area (Å²) in [5.41, 5.74) is 1.39. The van der Waals surface area contributed by atoms with Crippen molar-refractivity contribution in [3.05, 3.63) is 35.4 Å². The highest BCUT2D eigenvalue weighted by Gasteiger charge is 2.20. The molecule has 18 heavy (non-hydrogen) atoms. The van der Waals surface area contributed by atoms with Gasteiger partial charge in [0.15, 0.2) is 18.6 Å². The third kappa shape index (κ3) is 2.48. The number of hydrogen-bond donors (Lipinski definition) is 0. The number of hydrogen-bond acceptors (Lipinski definition) is 6. The summed E-state index contributed by atoms with van der Waals surface area (Å²) in [7, 11) is 1.41. The van der Waals surface area contributed by atoms with E-state index >= 15 is 0 Å². The molecule has 0 fully saturated rings. The molecule has 6 heteroatoms. The second-order valence-corrected chi connectivity index (χ2v) is 3.41. The van der Waals surface area contributed by atoms with Crippen LogP contribution < -0.4 is 0 Å². The first kappa shape index (κ1) is 12.1. The molecule has 0 radical (unpaired) electrons. The van der Waals surface area contributed by atoms with Crippen molar-refractivity contribution < 1.29 is 19.2 Å². The van der Waals surface area contributed by atoms with Crippen LogP contribution in [0, 0.1) is 0 Å². The van der Waals surface area contributed by atoms with Crippen molar-refractivity contribution in [3.8, 4) is 0 Å². The standard InChI is InChI=1S/C12H12N2O4/c1-16-13-11(12-14-18-7-6-17-12)10-5-3-2-4-9(10)8-15/h2-5,8H,6-7H2,1H3. The molecule has 1 heterocycles. The van der Waals surface area contributed by atoms with Crippen LogP contribution in [0.3, 0.4) is 0 Å². The molecule has 94 valence electrons. The van der Waals surface area contributed by atoms with E-state index in [9.17, 15) is 4.79 Å². The van der Waals surface area contributed by atoms with Gasteiger partial charge in [-0.25, -0.2) is 0 Å². The van der Waals surface area contributed by atoms with Crippen LogP contribution in [-0.4, -0.2) is 38.2 Å². The average molecular weight is 248 g/mol. The third-order valence-corrected chi connectivity index (χ3v) is 2.29. The summed E-state index contributed by atoms with van der Waals surface area (Å²) in [6.07, 6.45) is 0.741. The molecule has 0 N–H and O–H groups in total. The molecule has 0 saturated heterocycles. The lowest BCUT2D eigenvalue weighted by Crippen LogP contribution is -2.26. The van der Waals surface area contributed by atoms with Crippen molar-refractivity contribution in [2.75, 3.05) is 20.3 Å². The maximum absolute atomic E-state index is 11.0. The molecule has 0 atom stereocenters. The molecule has 0 spiro atoms. The van der Waals surface area contributed by atoms with Gasteiger partial charge in [-0.15, -0.1) is 0 Å². The van der Waals surface area contributed by atoms with Gasteiger partial charge in [0.1, 0.15) is 13.7 Å². The number of carbonyl (C=O) groups excluding carboxylic acids is 1. The normalized spacial score (nSPS) is 15.2. The average Bonchev–Trinajstić information content (AvgIpc) is 2.46. The Morgan fingerprint density at radius 2 is 2.28 bits per heavy atom. The lowest BCUT2D eigenvalue weighted by molar-refractivity contribution is 0.0672. The van der Waals surface area contributed by atoms with Gasteiger partial charge in [0.05, 0.1) is 0 Å². The van der Waals surface area contributed by atoms with Crippen LogP contribution in [0.1, 0.15) is 15.9 Å². The van der Waals surface area contributed by atoms with Crippen LogP contribution in [-0.2, 0) is 14.4 Å². The minimum absolute atomic E-state index is 0.206. The SMILES string of the molecule is CON=C(C1=NOCCO1)c1ccccc1C=O. The number of rotatable bonds is 4. The lowest BCUT2D eigenvalue weighted by Gasteiger charge is -2.15. The second kappa shape index (κ2) is 5.81. The quantitative estimate of drug-likeness (QED) is 0.456. The van der Waals surface area contributed by atoms with Crippen LogP contribution in [0.2, 0.25) is 0 Å². The van der Waals surface area contributed by atoms with E-state index in [0.717, 1.165) is 6.29 Å². The van der Waals surface area contributed by atoms with E-state index in [0.29, 0.717) is 30.1 Å². The zero-order valence-electron chi connectivity index (χ0n) is 9.83. The van der Waals surface area contributed by atoms with Gasteiger partial charge < -0.3 is 14.4 Å². The maximum atomic E-state index is 11.0. The van der Waals surface area contributed by atoms with Gasteiger partial charge in [-0.3, -0.25) is 4.79 Å². The summed E-state index contributed by atoms with van der Waals surface area (Å²) in [4.78, 5) is 20.7. The zero-order valence-corrected chi connectivity index (χ0v) is 9.83. The van der Waals surface area contributed by atoms with Crippen molar-refractivity contribution in [3.63, 3.8) is 0 Å². The summed E-state index contributed by atoms with van der Waals surface area (Å²) in [6.45, 7) is 0.768. The van der Waals surface area contributed by atoms with E-state index in [2.05, 4.69) is 10.3 Å². The lowest BCUT2D eigenvalue weighted by atomic mass is 10.0. The zero-order chi connectivity index (χ0) is 12.8. The fourth-order valence-corrected chi connectivity index (χ4v) is 1.53. The van der Waals surface area contributed by atoms with Gasteiger partial charge in [0.2, 0.25) is 0 Å². The van der Waals surface area contributed by atoms with E-state index < -0.39 is 0 Å². The van der Waals surface area contributed by atoms with Crippen LogP contribution in [0.15, 0.2) is 34.6 Å².